The van der Waals surface area contributed by atoms with Gasteiger partial charge in [-0.1, -0.05) is 12.1 Å². The zero-order valence-corrected chi connectivity index (χ0v) is 14.2. The van der Waals surface area contributed by atoms with Gasteiger partial charge in [-0.05, 0) is 72.5 Å². The largest absolute Gasteiger partial charge is 0.355 e. The molecule has 0 aliphatic carbocycles. The fourth-order valence-electron chi connectivity index (χ4n) is 3.28. The molecule has 2 aromatic heterocycles. The summed E-state index contributed by atoms with van der Waals surface area (Å²) in [5, 5.41) is 10.2. The highest BCUT2D eigenvalue weighted by Crippen LogP contribution is 2.31. The smallest absolute Gasteiger partial charge is 0.0991 e. The maximum Gasteiger partial charge on any atom is 0.0991 e. The zero-order chi connectivity index (χ0) is 17.4. The molecule has 4 aromatic rings. The number of H-pyrrole nitrogens is 1. The minimum Gasteiger partial charge on any atom is -0.355 e. The fourth-order valence-corrected chi connectivity index (χ4v) is 3.28. The van der Waals surface area contributed by atoms with Gasteiger partial charge in [-0.3, -0.25) is 4.98 Å². The van der Waals surface area contributed by atoms with Crippen molar-refractivity contribution in [3.8, 4) is 28.5 Å². The van der Waals surface area contributed by atoms with Crippen LogP contribution in [0.2, 0.25) is 0 Å². The van der Waals surface area contributed by atoms with E-state index in [1.165, 1.54) is 10.9 Å². The van der Waals surface area contributed by atoms with Crippen LogP contribution >= 0.6 is 0 Å². The van der Waals surface area contributed by atoms with Crippen molar-refractivity contribution in [2.45, 2.75) is 13.8 Å². The number of nitriles is 1. The summed E-state index contributed by atoms with van der Waals surface area (Å²) in [7, 11) is 0. The molecule has 0 atom stereocenters. The highest BCUT2D eigenvalue weighted by atomic mass is 14.7. The minimum absolute atomic E-state index is 0.694. The second kappa shape index (κ2) is 5.92. The van der Waals surface area contributed by atoms with Crippen molar-refractivity contribution in [3.63, 3.8) is 0 Å². The molecule has 0 radical (unpaired) electrons. The minimum atomic E-state index is 0.694. The number of fused-ring (bicyclic) bond motifs is 1. The summed E-state index contributed by atoms with van der Waals surface area (Å²) < 4.78 is 0. The van der Waals surface area contributed by atoms with Gasteiger partial charge in [0, 0.05) is 34.6 Å². The highest BCUT2D eigenvalue weighted by Gasteiger charge is 2.08. The van der Waals surface area contributed by atoms with Gasteiger partial charge in [0.1, 0.15) is 0 Å². The monoisotopic (exact) mass is 323 g/mol. The fraction of sp³-hybridized carbons (Fsp3) is 0.0909. The molecule has 4 rings (SSSR count). The van der Waals surface area contributed by atoms with Crippen LogP contribution in [0.15, 0.2) is 60.9 Å². The van der Waals surface area contributed by atoms with E-state index in [1.807, 2.05) is 43.6 Å². The number of hydrogen-bond donors (Lipinski definition) is 1. The van der Waals surface area contributed by atoms with Gasteiger partial charge in [-0.2, -0.15) is 5.26 Å². The summed E-state index contributed by atoms with van der Waals surface area (Å²) in [6, 6.07) is 18.7. The maximum atomic E-state index is 9.04. The molecule has 0 unspecified atom stereocenters. The lowest BCUT2D eigenvalue weighted by atomic mass is 9.98. The number of rotatable bonds is 2. The van der Waals surface area contributed by atoms with Crippen molar-refractivity contribution in [1.82, 2.24) is 9.97 Å². The van der Waals surface area contributed by atoms with E-state index in [1.54, 1.807) is 0 Å². The van der Waals surface area contributed by atoms with E-state index >= 15 is 0 Å². The summed E-state index contributed by atoms with van der Waals surface area (Å²) in [5.41, 5.74) is 8.65. The van der Waals surface area contributed by atoms with Crippen molar-refractivity contribution >= 4 is 10.9 Å². The van der Waals surface area contributed by atoms with Gasteiger partial charge in [-0.25, -0.2) is 0 Å². The lowest BCUT2D eigenvalue weighted by Crippen LogP contribution is -1.85. The van der Waals surface area contributed by atoms with Gasteiger partial charge < -0.3 is 4.98 Å². The third-order valence-electron chi connectivity index (χ3n) is 4.60. The van der Waals surface area contributed by atoms with Crippen molar-refractivity contribution in [2.75, 3.05) is 0 Å². The topological polar surface area (TPSA) is 52.5 Å². The first-order valence-electron chi connectivity index (χ1n) is 8.20. The molecule has 0 aliphatic heterocycles. The third kappa shape index (κ3) is 2.68. The molecule has 2 aromatic carbocycles. The molecular formula is C22H17N3. The molecule has 0 bridgehead atoms. The molecule has 3 nitrogen and oxygen atoms in total. The van der Waals surface area contributed by atoms with E-state index in [9.17, 15) is 0 Å². The predicted molar refractivity (Wildman–Crippen MR) is 101 cm³/mol. The van der Waals surface area contributed by atoms with Crippen LogP contribution in [-0.4, -0.2) is 9.97 Å². The van der Waals surface area contributed by atoms with Crippen LogP contribution in [0.4, 0.5) is 0 Å². The molecular weight excluding hydrogens is 306 g/mol. The van der Waals surface area contributed by atoms with Crippen molar-refractivity contribution in [3.05, 3.63) is 77.6 Å². The highest BCUT2D eigenvalue weighted by molar-refractivity contribution is 5.90. The van der Waals surface area contributed by atoms with Crippen LogP contribution in [0.25, 0.3) is 33.3 Å². The van der Waals surface area contributed by atoms with Crippen LogP contribution in [0.3, 0.4) is 0 Å². The Morgan fingerprint density at radius 3 is 2.56 bits per heavy atom. The molecule has 3 heteroatoms. The predicted octanol–water partition coefficient (Wildman–Crippen LogP) is 5.39. The molecule has 0 fully saturated rings. The molecule has 0 aliphatic rings. The summed E-state index contributed by atoms with van der Waals surface area (Å²) >= 11 is 0. The SMILES string of the molecule is Cc1cc(C#N)ccc1-c1ccc2[nH]c(-c3ccncc3C)cc2c1. The first-order chi connectivity index (χ1) is 12.2. The molecule has 0 spiro atoms. The number of nitrogens with zero attached hydrogens (tertiary/aromatic N) is 2. The number of aryl methyl sites for hydroxylation is 2. The second-order valence-corrected chi connectivity index (χ2v) is 6.32. The number of nitrogens with one attached hydrogen (secondary N) is 1. The van der Waals surface area contributed by atoms with Gasteiger partial charge in [0.2, 0.25) is 0 Å². The molecule has 120 valence electrons. The molecule has 1 N–H and O–H groups in total. The summed E-state index contributed by atoms with van der Waals surface area (Å²) in [4.78, 5) is 7.66. The van der Waals surface area contributed by atoms with Gasteiger partial charge >= 0.3 is 0 Å². The lowest BCUT2D eigenvalue weighted by molar-refractivity contribution is 1.26. The second-order valence-electron chi connectivity index (χ2n) is 6.32. The Bertz CT molecular complexity index is 1130. The average molecular weight is 323 g/mol. The van der Waals surface area contributed by atoms with Crippen molar-refractivity contribution < 1.29 is 0 Å². The van der Waals surface area contributed by atoms with Crippen LogP contribution in [0.1, 0.15) is 16.7 Å². The number of aromatic amines is 1. The average Bonchev–Trinajstić information content (AvgIpc) is 3.04. The van der Waals surface area contributed by atoms with E-state index in [2.05, 4.69) is 47.2 Å². The van der Waals surface area contributed by atoms with Crippen molar-refractivity contribution in [2.24, 2.45) is 0 Å². The van der Waals surface area contributed by atoms with Crippen LogP contribution in [-0.2, 0) is 0 Å². The molecule has 25 heavy (non-hydrogen) atoms. The Morgan fingerprint density at radius 1 is 0.920 bits per heavy atom. The van der Waals surface area contributed by atoms with Gasteiger partial charge in [-0.15, -0.1) is 0 Å². The molecule has 0 saturated heterocycles. The van der Waals surface area contributed by atoms with Gasteiger partial charge in [0.05, 0.1) is 11.6 Å². The van der Waals surface area contributed by atoms with E-state index in [-0.39, 0.29) is 0 Å². The first kappa shape index (κ1) is 15.2. The Kier molecular flexibility index (Phi) is 3.59. The summed E-state index contributed by atoms with van der Waals surface area (Å²) in [5.74, 6) is 0. The van der Waals surface area contributed by atoms with Crippen LogP contribution in [0.5, 0.6) is 0 Å². The Hall–Kier alpha value is -3.38. The van der Waals surface area contributed by atoms with Crippen LogP contribution < -0.4 is 0 Å². The van der Waals surface area contributed by atoms with Crippen molar-refractivity contribution in [1.29, 1.82) is 5.26 Å². The number of hydrogen-bond acceptors (Lipinski definition) is 2. The Labute approximate surface area is 146 Å². The summed E-state index contributed by atoms with van der Waals surface area (Å²) in [6.45, 7) is 4.11. The van der Waals surface area contributed by atoms with Gasteiger partial charge in [0.25, 0.3) is 0 Å². The van der Waals surface area contributed by atoms with E-state index in [0.29, 0.717) is 5.56 Å². The van der Waals surface area contributed by atoms with E-state index in [4.69, 9.17) is 5.26 Å². The third-order valence-corrected chi connectivity index (χ3v) is 4.60. The molecule has 0 amide bonds. The Balaban J connectivity index is 1.82. The zero-order valence-electron chi connectivity index (χ0n) is 14.2. The van der Waals surface area contributed by atoms with Gasteiger partial charge in [0.15, 0.2) is 0 Å². The number of benzene rings is 2. The number of pyridine rings is 1. The lowest BCUT2D eigenvalue weighted by Gasteiger charge is -2.06. The quantitative estimate of drug-likeness (QED) is 0.538. The molecule has 0 saturated carbocycles. The maximum absolute atomic E-state index is 9.04. The standard InChI is InChI=1S/C22H17N3/c1-14-9-16(12-23)3-5-19(14)17-4-6-21-18(10-17)11-22(25-21)20-7-8-24-13-15(20)2/h3-11,13,25H,1-2H3. The van der Waals surface area contributed by atoms with Crippen LogP contribution in [0, 0.1) is 25.2 Å². The van der Waals surface area contributed by atoms with E-state index < -0.39 is 0 Å². The molecule has 2 heterocycles. The summed E-state index contributed by atoms with van der Waals surface area (Å²) in [6.07, 6.45) is 3.70. The Morgan fingerprint density at radius 2 is 1.80 bits per heavy atom. The van der Waals surface area contributed by atoms with E-state index in [0.717, 1.165) is 33.5 Å². The normalized spacial score (nSPS) is 10.8. The number of aromatic nitrogens is 2. The first-order valence-corrected chi connectivity index (χ1v) is 8.20.